The summed E-state index contributed by atoms with van der Waals surface area (Å²) in [6.07, 6.45) is 0. The second-order valence-electron chi connectivity index (χ2n) is 4.60. The second kappa shape index (κ2) is 5.81. The molecular formula is C14H17NO5. The molecule has 0 bridgehead atoms. The van der Waals surface area contributed by atoms with E-state index in [1.807, 2.05) is 19.1 Å². The predicted molar refractivity (Wildman–Crippen MR) is 70.5 cm³/mol. The Morgan fingerprint density at radius 1 is 1.35 bits per heavy atom. The first kappa shape index (κ1) is 14.2. The molecule has 0 fully saturated rings. The van der Waals surface area contributed by atoms with E-state index in [1.54, 1.807) is 6.07 Å². The highest BCUT2D eigenvalue weighted by Crippen LogP contribution is 2.32. The van der Waals surface area contributed by atoms with Crippen molar-refractivity contribution in [2.45, 2.75) is 20.4 Å². The highest BCUT2D eigenvalue weighted by Gasteiger charge is 2.25. The first-order chi connectivity index (χ1) is 9.52. The van der Waals surface area contributed by atoms with Crippen molar-refractivity contribution in [1.29, 1.82) is 0 Å². The molecule has 2 rings (SSSR count). The third-order valence-corrected chi connectivity index (χ3v) is 3.24. The number of fused-ring (bicyclic) bond motifs is 1. The highest BCUT2D eigenvalue weighted by atomic mass is 16.7. The van der Waals surface area contributed by atoms with Gasteiger partial charge in [0.1, 0.15) is 5.92 Å². The van der Waals surface area contributed by atoms with Gasteiger partial charge in [0.05, 0.1) is 0 Å². The van der Waals surface area contributed by atoms with Gasteiger partial charge in [-0.05, 0) is 31.5 Å². The quantitative estimate of drug-likeness (QED) is 0.826. The number of aliphatic carboxylic acids is 1. The minimum atomic E-state index is -1.11. The van der Waals surface area contributed by atoms with Crippen LogP contribution in [-0.2, 0) is 16.1 Å². The number of benzene rings is 1. The van der Waals surface area contributed by atoms with Gasteiger partial charge in [0.15, 0.2) is 11.5 Å². The number of hydrogen-bond donors (Lipinski definition) is 1. The Morgan fingerprint density at radius 2 is 2.05 bits per heavy atom. The number of hydrogen-bond acceptors (Lipinski definition) is 4. The Labute approximate surface area is 116 Å². The first-order valence-electron chi connectivity index (χ1n) is 6.43. The van der Waals surface area contributed by atoms with Crippen LogP contribution < -0.4 is 9.47 Å². The zero-order chi connectivity index (χ0) is 14.7. The molecule has 1 aromatic rings. The van der Waals surface area contributed by atoms with Crippen LogP contribution in [0.2, 0.25) is 0 Å². The average molecular weight is 279 g/mol. The van der Waals surface area contributed by atoms with Gasteiger partial charge in [-0.3, -0.25) is 9.59 Å². The fraction of sp³-hybridized carbons (Fsp3) is 0.429. The van der Waals surface area contributed by atoms with Crippen LogP contribution in [0.25, 0.3) is 0 Å². The number of carbonyl (C=O) groups is 2. The normalized spacial score (nSPS) is 13.9. The van der Waals surface area contributed by atoms with Gasteiger partial charge in [0.2, 0.25) is 12.7 Å². The SMILES string of the molecule is CCN(Cc1ccc2c(c1)OCO2)C(=O)C(C)C(=O)O. The number of nitrogens with zero attached hydrogens (tertiary/aromatic N) is 1. The summed E-state index contributed by atoms with van der Waals surface area (Å²) in [4.78, 5) is 24.4. The van der Waals surface area contributed by atoms with Crippen molar-refractivity contribution in [3.05, 3.63) is 23.8 Å². The molecule has 0 aliphatic carbocycles. The molecule has 6 heteroatoms. The topological polar surface area (TPSA) is 76.1 Å². The van der Waals surface area contributed by atoms with Crippen LogP contribution >= 0.6 is 0 Å². The molecule has 0 saturated heterocycles. The van der Waals surface area contributed by atoms with E-state index in [0.29, 0.717) is 24.6 Å². The fourth-order valence-electron chi connectivity index (χ4n) is 1.98. The summed E-state index contributed by atoms with van der Waals surface area (Å²) in [5.41, 5.74) is 0.877. The van der Waals surface area contributed by atoms with Gasteiger partial charge in [-0.1, -0.05) is 6.07 Å². The Bertz CT molecular complexity index is 528. The standard InChI is InChI=1S/C14H17NO5/c1-3-15(13(16)9(2)14(17)18)7-10-4-5-11-12(6-10)20-8-19-11/h4-6,9H,3,7-8H2,1-2H3,(H,17,18). The maximum absolute atomic E-state index is 12.0. The summed E-state index contributed by atoms with van der Waals surface area (Å²) in [5.74, 6) is -1.21. The lowest BCUT2D eigenvalue weighted by atomic mass is 10.1. The van der Waals surface area contributed by atoms with Crippen molar-refractivity contribution in [2.24, 2.45) is 5.92 Å². The molecule has 0 aromatic heterocycles. The minimum Gasteiger partial charge on any atom is -0.481 e. The summed E-state index contributed by atoms with van der Waals surface area (Å²) >= 11 is 0. The van der Waals surface area contributed by atoms with E-state index in [9.17, 15) is 9.59 Å². The molecule has 1 unspecified atom stereocenters. The second-order valence-corrected chi connectivity index (χ2v) is 4.60. The largest absolute Gasteiger partial charge is 0.481 e. The molecule has 1 amide bonds. The number of carboxylic acid groups (broad SMARTS) is 1. The predicted octanol–water partition coefficient (Wildman–Crippen LogP) is 1.48. The van der Waals surface area contributed by atoms with Gasteiger partial charge in [0.25, 0.3) is 0 Å². The van der Waals surface area contributed by atoms with Gasteiger partial charge in [-0.15, -0.1) is 0 Å². The Balaban J connectivity index is 2.10. The maximum atomic E-state index is 12.0. The third-order valence-electron chi connectivity index (χ3n) is 3.24. The van der Waals surface area contributed by atoms with Crippen molar-refractivity contribution in [3.8, 4) is 11.5 Å². The number of carboxylic acids is 1. The van der Waals surface area contributed by atoms with Crippen LogP contribution in [0.15, 0.2) is 18.2 Å². The lowest BCUT2D eigenvalue weighted by Crippen LogP contribution is -2.37. The van der Waals surface area contributed by atoms with Gasteiger partial charge >= 0.3 is 5.97 Å². The molecule has 1 N–H and O–H groups in total. The van der Waals surface area contributed by atoms with E-state index in [4.69, 9.17) is 14.6 Å². The summed E-state index contributed by atoms with van der Waals surface area (Å²) in [6.45, 7) is 4.21. The van der Waals surface area contributed by atoms with Crippen LogP contribution in [0.1, 0.15) is 19.4 Å². The van der Waals surface area contributed by atoms with E-state index in [-0.39, 0.29) is 6.79 Å². The average Bonchev–Trinajstić information content (AvgIpc) is 2.90. The molecule has 1 aliphatic heterocycles. The molecule has 0 radical (unpaired) electrons. The van der Waals surface area contributed by atoms with Gasteiger partial charge in [0, 0.05) is 13.1 Å². The number of rotatable bonds is 5. The number of carbonyl (C=O) groups excluding carboxylic acids is 1. The zero-order valence-corrected chi connectivity index (χ0v) is 11.5. The van der Waals surface area contributed by atoms with Gasteiger partial charge in [-0.2, -0.15) is 0 Å². The van der Waals surface area contributed by atoms with Crippen molar-refractivity contribution in [1.82, 2.24) is 4.90 Å². The van der Waals surface area contributed by atoms with E-state index in [1.165, 1.54) is 11.8 Å². The molecule has 20 heavy (non-hydrogen) atoms. The van der Waals surface area contributed by atoms with Crippen molar-refractivity contribution in [3.63, 3.8) is 0 Å². The molecule has 108 valence electrons. The Hall–Kier alpha value is -2.24. The summed E-state index contributed by atoms with van der Waals surface area (Å²) in [5, 5.41) is 8.91. The van der Waals surface area contributed by atoms with E-state index in [0.717, 1.165) is 5.56 Å². The van der Waals surface area contributed by atoms with Crippen LogP contribution in [-0.4, -0.2) is 35.2 Å². The molecule has 1 atom stereocenters. The molecule has 6 nitrogen and oxygen atoms in total. The van der Waals surface area contributed by atoms with Gasteiger partial charge < -0.3 is 19.5 Å². The van der Waals surface area contributed by atoms with Crippen LogP contribution in [0.5, 0.6) is 11.5 Å². The van der Waals surface area contributed by atoms with Crippen molar-refractivity contribution < 1.29 is 24.2 Å². The summed E-state index contributed by atoms with van der Waals surface area (Å²) < 4.78 is 10.5. The lowest BCUT2D eigenvalue weighted by molar-refractivity contribution is -0.150. The Kier molecular flexibility index (Phi) is 4.12. The zero-order valence-electron chi connectivity index (χ0n) is 11.5. The van der Waals surface area contributed by atoms with Crippen molar-refractivity contribution >= 4 is 11.9 Å². The third kappa shape index (κ3) is 2.84. The first-order valence-corrected chi connectivity index (χ1v) is 6.43. The number of amides is 1. The highest BCUT2D eigenvalue weighted by molar-refractivity contribution is 5.96. The van der Waals surface area contributed by atoms with Crippen LogP contribution in [0.3, 0.4) is 0 Å². The molecule has 1 aromatic carbocycles. The molecular weight excluding hydrogens is 262 g/mol. The minimum absolute atomic E-state index is 0.200. The van der Waals surface area contributed by atoms with Crippen molar-refractivity contribution in [2.75, 3.05) is 13.3 Å². The lowest BCUT2D eigenvalue weighted by Gasteiger charge is -2.23. The number of ether oxygens (including phenoxy) is 2. The monoisotopic (exact) mass is 279 g/mol. The molecule has 1 heterocycles. The fourth-order valence-corrected chi connectivity index (χ4v) is 1.98. The van der Waals surface area contributed by atoms with Crippen LogP contribution in [0, 0.1) is 5.92 Å². The summed E-state index contributed by atoms with van der Waals surface area (Å²) in [7, 11) is 0. The summed E-state index contributed by atoms with van der Waals surface area (Å²) in [6, 6.07) is 5.44. The van der Waals surface area contributed by atoms with E-state index >= 15 is 0 Å². The molecule has 0 saturated carbocycles. The van der Waals surface area contributed by atoms with Crippen LogP contribution in [0.4, 0.5) is 0 Å². The molecule has 0 spiro atoms. The van der Waals surface area contributed by atoms with Gasteiger partial charge in [-0.25, -0.2) is 0 Å². The molecule has 1 aliphatic rings. The smallest absolute Gasteiger partial charge is 0.315 e. The van der Waals surface area contributed by atoms with E-state index in [2.05, 4.69) is 0 Å². The van der Waals surface area contributed by atoms with E-state index < -0.39 is 17.8 Å². The Morgan fingerprint density at radius 3 is 2.70 bits per heavy atom. The maximum Gasteiger partial charge on any atom is 0.315 e.